The van der Waals surface area contributed by atoms with Gasteiger partial charge in [-0.25, -0.2) is 4.98 Å². The predicted molar refractivity (Wildman–Crippen MR) is 144 cm³/mol. The lowest BCUT2D eigenvalue weighted by Gasteiger charge is -2.23. The number of imidazole rings is 1. The molecule has 35 heavy (non-hydrogen) atoms. The highest BCUT2D eigenvalue weighted by Crippen LogP contribution is 2.31. The van der Waals surface area contributed by atoms with Crippen molar-refractivity contribution in [1.29, 1.82) is 0 Å². The van der Waals surface area contributed by atoms with E-state index in [9.17, 15) is 0 Å². The fourth-order valence-electron chi connectivity index (χ4n) is 4.31. The second-order valence-electron chi connectivity index (χ2n) is 8.88. The molecule has 3 aromatic rings. The maximum absolute atomic E-state index is 6.07. The summed E-state index contributed by atoms with van der Waals surface area (Å²) in [6, 6.07) is 14.6. The van der Waals surface area contributed by atoms with E-state index in [4.69, 9.17) is 21.7 Å². The molecule has 2 heterocycles. The fourth-order valence-corrected chi connectivity index (χ4v) is 4.53. The van der Waals surface area contributed by atoms with Crippen LogP contribution in [0.15, 0.2) is 55.0 Å². The van der Waals surface area contributed by atoms with Crippen molar-refractivity contribution in [1.82, 2.24) is 20.2 Å². The van der Waals surface area contributed by atoms with Crippen molar-refractivity contribution >= 4 is 23.0 Å². The molecule has 8 heteroatoms. The van der Waals surface area contributed by atoms with Crippen LogP contribution < -0.4 is 25.4 Å². The minimum Gasteiger partial charge on any atom is -0.493 e. The van der Waals surface area contributed by atoms with Crippen LogP contribution in [0.4, 0.5) is 5.69 Å². The number of piperidine rings is 1. The van der Waals surface area contributed by atoms with Crippen molar-refractivity contribution in [2.24, 2.45) is 0 Å². The third kappa shape index (κ3) is 7.19. The molecule has 0 spiro atoms. The molecule has 0 radical (unpaired) electrons. The summed E-state index contributed by atoms with van der Waals surface area (Å²) in [6.45, 7) is 6.44. The number of benzene rings is 2. The summed E-state index contributed by atoms with van der Waals surface area (Å²) < 4.78 is 13.8. The van der Waals surface area contributed by atoms with E-state index in [1.165, 1.54) is 18.4 Å². The molecule has 0 bridgehead atoms. The van der Waals surface area contributed by atoms with E-state index < -0.39 is 0 Å². The van der Waals surface area contributed by atoms with Crippen molar-refractivity contribution in [3.8, 4) is 11.5 Å². The number of hydrogen-bond acceptors (Lipinski definition) is 5. The quantitative estimate of drug-likeness (QED) is 0.281. The van der Waals surface area contributed by atoms with Crippen molar-refractivity contribution < 1.29 is 9.47 Å². The van der Waals surface area contributed by atoms with Gasteiger partial charge in [-0.15, -0.1) is 0 Å². The Morgan fingerprint density at radius 3 is 2.66 bits per heavy atom. The first-order valence-electron chi connectivity index (χ1n) is 12.2. The summed E-state index contributed by atoms with van der Waals surface area (Å²) >= 11 is 5.44. The molecule has 3 N–H and O–H groups in total. The lowest BCUT2D eigenvalue weighted by atomic mass is 9.90. The lowest BCUT2D eigenvalue weighted by molar-refractivity contribution is 0.284. The Bertz CT molecular complexity index is 1090. The lowest BCUT2D eigenvalue weighted by Crippen LogP contribution is -2.29. The Balaban J connectivity index is 1.24. The van der Waals surface area contributed by atoms with Gasteiger partial charge in [0, 0.05) is 36.7 Å². The first-order chi connectivity index (χ1) is 17.1. The number of nitrogens with zero attached hydrogens (tertiary/aromatic N) is 2. The maximum Gasteiger partial charge on any atom is 0.170 e. The average molecular weight is 494 g/mol. The summed E-state index contributed by atoms with van der Waals surface area (Å²) in [4.78, 5) is 4.15. The summed E-state index contributed by atoms with van der Waals surface area (Å²) in [5, 5.41) is 10.5. The Kier molecular flexibility index (Phi) is 8.97. The first kappa shape index (κ1) is 25.0. The molecule has 4 rings (SSSR count). The molecule has 0 atom stereocenters. The molecule has 1 aliphatic heterocycles. The second-order valence-corrected chi connectivity index (χ2v) is 9.29. The Morgan fingerprint density at radius 1 is 1.14 bits per heavy atom. The number of thiocarbonyl (C=S) groups is 1. The Labute approximate surface area is 213 Å². The standard InChI is InChI=1S/C27H35N5O2S/c1-20-17-29-19-32(20)15-3-12-30-27(35)31-24-8-9-25(26(16-24)33-2)34-18-21-4-6-22(7-5-21)23-10-13-28-14-11-23/h4-9,16-17,19,23,28H,3,10-15,18H2,1-2H3,(H2,30,31,35). The zero-order chi connectivity index (χ0) is 24.5. The van der Waals surface area contributed by atoms with Crippen LogP contribution in [0, 0.1) is 6.92 Å². The van der Waals surface area contributed by atoms with Crippen LogP contribution in [-0.2, 0) is 13.2 Å². The third-order valence-corrected chi connectivity index (χ3v) is 6.63. The monoisotopic (exact) mass is 493 g/mol. The molecule has 7 nitrogen and oxygen atoms in total. The van der Waals surface area contributed by atoms with Gasteiger partial charge >= 0.3 is 0 Å². The van der Waals surface area contributed by atoms with Crippen LogP contribution in [0.1, 0.15) is 42.0 Å². The van der Waals surface area contributed by atoms with E-state index in [0.29, 0.717) is 29.1 Å². The van der Waals surface area contributed by atoms with Gasteiger partial charge in [-0.2, -0.15) is 0 Å². The van der Waals surface area contributed by atoms with Crippen LogP contribution in [0.5, 0.6) is 11.5 Å². The SMILES string of the molecule is COc1cc(NC(=S)NCCCn2cncc2C)ccc1OCc1ccc(C2CCNCC2)cc1. The predicted octanol–water partition coefficient (Wildman–Crippen LogP) is 4.62. The first-order valence-corrected chi connectivity index (χ1v) is 12.6. The summed E-state index contributed by atoms with van der Waals surface area (Å²) in [5.74, 6) is 2.03. The zero-order valence-electron chi connectivity index (χ0n) is 20.5. The number of hydrogen-bond donors (Lipinski definition) is 3. The Hall–Kier alpha value is -3.10. The van der Waals surface area contributed by atoms with E-state index >= 15 is 0 Å². The number of nitrogens with one attached hydrogen (secondary N) is 3. The molecular weight excluding hydrogens is 458 g/mol. The molecule has 1 fully saturated rings. The number of ether oxygens (including phenoxy) is 2. The molecule has 0 saturated carbocycles. The van der Waals surface area contributed by atoms with Crippen LogP contribution in [0.2, 0.25) is 0 Å². The minimum atomic E-state index is 0.492. The van der Waals surface area contributed by atoms with Gasteiger partial charge in [0.1, 0.15) is 6.61 Å². The van der Waals surface area contributed by atoms with Gasteiger partial charge in [0.2, 0.25) is 0 Å². The average Bonchev–Trinajstić information content (AvgIpc) is 3.31. The molecular formula is C27H35N5O2S. The highest BCUT2D eigenvalue weighted by Gasteiger charge is 2.15. The normalized spacial score (nSPS) is 13.9. The molecule has 186 valence electrons. The molecule has 1 saturated heterocycles. The van der Waals surface area contributed by atoms with Gasteiger partial charge in [0.15, 0.2) is 16.6 Å². The van der Waals surface area contributed by atoms with Gasteiger partial charge in [-0.3, -0.25) is 0 Å². The fraction of sp³-hybridized carbons (Fsp3) is 0.407. The van der Waals surface area contributed by atoms with Crippen LogP contribution >= 0.6 is 12.2 Å². The smallest absolute Gasteiger partial charge is 0.170 e. The van der Waals surface area contributed by atoms with Gasteiger partial charge in [-0.05, 0) is 80.7 Å². The van der Waals surface area contributed by atoms with E-state index in [1.54, 1.807) is 7.11 Å². The van der Waals surface area contributed by atoms with Crippen molar-refractivity contribution in [2.75, 3.05) is 32.1 Å². The summed E-state index contributed by atoms with van der Waals surface area (Å²) in [7, 11) is 1.65. The minimum absolute atomic E-state index is 0.492. The topological polar surface area (TPSA) is 72.4 Å². The third-order valence-electron chi connectivity index (χ3n) is 6.39. The largest absolute Gasteiger partial charge is 0.493 e. The van der Waals surface area contributed by atoms with Crippen LogP contribution in [0.25, 0.3) is 0 Å². The zero-order valence-corrected chi connectivity index (χ0v) is 21.4. The Morgan fingerprint density at radius 2 is 1.94 bits per heavy atom. The van der Waals surface area contributed by atoms with E-state index in [-0.39, 0.29) is 0 Å². The number of rotatable bonds is 10. The number of aromatic nitrogens is 2. The highest BCUT2D eigenvalue weighted by molar-refractivity contribution is 7.80. The van der Waals surface area contributed by atoms with Gasteiger partial charge in [0.25, 0.3) is 0 Å². The second kappa shape index (κ2) is 12.6. The molecule has 1 aliphatic rings. The molecule has 0 unspecified atom stereocenters. The maximum atomic E-state index is 6.07. The number of methoxy groups -OCH3 is 1. The van der Waals surface area contributed by atoms with E-state index in [2.05, 4.69) is 56.7 Å². The number of anilines is 1. The van der Waals surface area contributed by atoms with Crippen LogP contribution in [-0.4, -0.2) is 41.4 Å². The van der Waals surface area contributed by atoms with Crippen molar-refractivity contribution in [3.05, 3.63) is 71.8 Å². The number of aryl methyl sites for hydroxylation is 2. The molecule has 2 aromatic carbocycles. The summed E-state index contributed by atoms with van der Waals surface area (Å²) in [6.07, 6.45) is 7.08. The highest BCUT2D eigenvalue weighted by atomic mass is 32.1. The molecule has 0 amide bonds. The van der Waals surface area contributed by atoms with E-state index in [0.717, 1.165) is 49.5 Å². The van der Waals surface area contributed by atoms with Gasteiger partial charge in [-0.1, -0.05) is 24.3 Å². The summed E-state index contributed by atoms with van der Waals surface area (Å²) in [5.41, 5.74) is 4.57. The van der Waals surface area contributed by atoms with Crippen molar-refractivity contribution in [3.63, 3.8) is 0 Å². The van der Waals surface area contributed by atoms with Gasteiger partial charge < -0.3 is 30.0 Å². The van der Waals surface area contributed by atoms with Crippen molar-refractivity contribution in [2.45, 2.75) is 45.3 Å². The molecule has 0 aliphatic carbocycles. The van der Waals surface area contributed by atoms with E-state index in [1.807, 2.05) is 30.7 Å². The molecule has 1 aromatic heterocycles. The van der Waals surface area contributed by atoms with Gasteiger partial charge in [0.05, 0.1) is 13.4 Å². The van der Waals surface area contributed by atoms with Crippen LogP contribution in [0.3, 0.4) is 0 Å².